The summed E-state index contributed by atoms with van der Waals surface area (Å²) in [5.74, 6) is 0.0206. The molecule has 0 aliphatic rings. The first kappa shape index (κ1) is 30.7. The number of anilines is 1. The van der Waals surface area contributed by atoms with E-state index >= 15 is 0 Å². The molecule has 0 heterocycles. The minimum atomic E-state index is -4.13. The molecule has 1 atom stereocenters. The lowest BCUT2D eigenvalue weighted by molar-refractivity contribution is -0.140. The third-order valence-electron chi connectivity index (χ3n) is 6.64. The molecule has 3 aromatic carbocycles. The van der Waals surface area contributed by atoms with Gasteiger partial charge in [-0.25, -0.2) is 8.42 Å². The summed E-state index contributed by atoms with van der Waals surface area (Å²) in [5, 5.41) is 2.94. The van der Waals surface area contributed by atoms with Crippen molar-refractivity contribution in [3.05, 3.63) is 90.0 Å². The van der Waals surface area contributed by atoms with Gasteiger partial charge in [-0.2, -0.15) is 0 Å². The van der Waals surface area contributed by atoms with Crippen molar-refractivity contribution in [3.8, 4) is 5.75 Å². The Bertz CT molecular complexity index is 1380. The van der Waals surface area contributed by atoms with Gasteiger partial charge in [0, 0.05) is 13.1 Å². The van der Waals surface area contributed by atoms with Gasteiger partial charge in [0.1, 0.15) is 18.3 Å². The van der Waals surface area contributed by atoms with Crippen molar-refractivity contribution in [1.82, 2.24) is 10.2 Å². The SMILES string of the molecule is CC[C@H](C(=O)NCC(C)C)N(Cc1ccccc1C)C(=O)CN(c1ccccc1)S(=O)(=O)c1ccc(OC)cc1. The normalized spacial score (nSPS) is 12.1. The Hall–Kier alpha value is -3.85. The first-order valence-electron chi connectivity index (χ1n) is 13.4. The van der Waals surface area contributed by atoms with Crippen LogP contribution in [-0.4, -0.2) is 51.4 Å². The summed E-state index contributed by atoms with van der Waals surface area (Å²) in [6.07, 6.45) is 0.373. The second kappa shape index (κ2) is 14.0. The number of benzene rings is 3. The molecule has 0 saturated carbocycles. The molecule has 0 radical (unpaired) electrons. The van der Waals surface area contributed by atoms with Gasteiger partial charge < -0.3 is 15.0 Å². The highest BCUT2D eigenvalue weighted by atomic mass is 32.2. The molecule has 3 rings (SSSR count). The maximum Gasteiger partial charge on any atom is 0.264 e. The van der Waals surface area contributed by atoms with Gasteiger partial charge in [-0.15, -0.1) is 0 Å². The van der Waals surface area contributed by atoms with Gasteiger partial charge in [0.2, 0.25) is 11.8 Å². The molecule has 2 amide bonds. The van der Waals surface area contributed by atoms with E-state index in [1.165, 1.54) is 24.1 Å². The van der Waals surface area contributed by atoms with Crippen molar-refractivity contribution < 1.29 is 22.7 Å². The highest BCUT2D eigenvalue weighted by molar-refractivity contribution is 7.92. The molecule has 0 saturated heterocycles. The molecule has 40 heavy (non-hydrogen) atoms. The zero-order valence-electron chi connectivity index (χ0n) is 23.8. The summed E-state index contributed by atoms with van der Waals surface area (Å²) in [4.78, 5) is 28.9. The Morgan fingerprint density at radius 3 is 2.12 bits per heavy atom. The number of sulfonamides is 1. The molecule has 0 spiro atoms. The molecule has 0 unspecified atom stereocenters. The van der Waals surface area contributed by atoms with E-state index in [2.05, 4.69) is 5.32 Å². The van der Waals surface area contributed by atoms with Crippen molar-refractivity contribution in [2.24, 2.45) is 5.92 Å². The van der Waals surface area contributed by atoms with Gasteiger partial charge in [-0.05, 0) is 66.8 Å². The topological polar surface area (TPSA) is 96.0 Å². The predicted octanol–water partition coefficient (Wildman–Crippen LogP) is 4.78. The van der Waals surface area contributed by atoms with Crippen molar-refractivity contribution >= 4 is 27.5 Å². The molecule has 0 aliphatic carbocycles. The zero-order valence-corrected chi connectivity index (χ0v) is 24.6. The number of methoxy groups -OCH3 is 1. The van der Waals surface area contributed by atoms with Crippen LogP contribution in [0.15, 0.2) is 83.8 Å². The van der Waals surface area contributed by atoms with Crippen LogP contribution in [-0.2, 0) is 26.2 Å². The highest BCUT2D eigenvalue weighted by Gasteiger charge is 2.33. The van der Waals surface area contributed by atoms with E-state index < -0.39 is 28.5 Å². The maximum absolute atomic E-state index is 14.1. The van der Waals surface area contributed by atoms with Gasteiger partial charge in [-0.1, -0.05) is 63.2 Å². The fourth-order valence-corrected chi connectivity index (χ4v) is 5.73. The number of carbonyl (C=O) groups is 2. The van der Waals surface area contributed by atoms with Crippen LogP contribution in [0.4, 0.5) is 5.69 Å². The molecule has 0 aliphatic heterocycles. The Balaban J connectivity index is 2.03. The number of ether oxygens (including phenoxy) is 1. The number of hydrogen-bond acceptors (Lipinski definition) is 5. The van der Waals surface area contributed by atoms with Crippen LogP contribution < -0.4 is 14.4 Å². The predicted molar refractivity (Wildman–Crippen MR) is 158 cm³/mol. The van der Waals surface area contributed by atoms with Crippen LogP contribution in [0.3, 0.4) is 0 Å². The average molecular weight is 566 g/mol. The van der Waals surface area contributed by atoms with Crippen molar-refractivity contribution in [1.29, 1.82) is 0 Å². The third kappa shape index (κ3) is 7.63. The minimum Gasteiger partial charge on any atom is -0.497 e. The molecule has 0 fully saturated rings. The largest absolute Gasteiger partial charge is 0.497 e. The molecule has 0 bridgehead atoms. The number of nitrogens with one attached hydrogen (secondary N) is 1. The summed E-state index contributed by atoms with van der Waals surface area (Å²) >= 11 is 0. The van der Waals surface area contributed by atoms with Crippen molar-refractivity contribution in [2.45, 2.75) is 51.6 Å². The van der Waals surface area contributed by atoms with Crippen LogP contribution in [0.5, 0.6) is 5.75 Å². The van der Waals surface area contributed by atoms with Crippen LogP contribution >= 0.6 is 0 Å². The van der Waals surface area contributed by atoms with Gasteiger partial charge in [0.25, 0.3) is 10.0 Å². The number of aryl methyl sites for hydroxylation is 1. The summed E-state index contributed by atoms with van der Waals surface area (Å²) < 4.78 is 34.1. The molecule has 0 aromatic heterocycles. The van der Waals surface area contributed by atoms with Crippen molar-refractivity contribution in [2.75, 3.05) is 24.5 Å². The standard InChI is InChI=1S/C31H39N3O5S/c1-6-29(31(36)32-20-23(2)3)33(21-25-13-11-10-12-24(25)4)30(35)22-34(26-14-8-7-9-15-26)40(37,38)28-18-16-27(39-5)17-19-28/h7-19,23,29H,6,20-22H2,1-5H3,(H,32,36)/t29-/m1/s1. The van der Waals surface area contributed by atoms with Crippen LogP contribution in [0.2, 0.25) is 0 Å². The zero-order chi connectivity index (χ0) is 29.3. The lowest BCUT2D eigenvalue weighted by Crippen LogP contribution is -2.52. The van der Waals surface area contributed by atoms with Gasteiger partial charge in [0.05, 0.1) is 17.7 Å². The first-order valence-corrected chi connectivity index (χ1v) is 14.9. The molecular weight excluding hydrogens is 526 g/mol. The van der Waals surface area contributed by atoms with E-state index in [4.69, 9.17) is 4.74 Å². The second-order valence-corrected chi connectivity index (χ2v) is 11.9. The molecule has 8 nitrogen and oxygen atoms in total. The Labute approximate surface area is 238 Å². The Morgan fingerprint density at radius 1 is 0.925 bits per heavy atom. The minimum absolute atomic E-state index is 0.0251. The molecular formula is C31H39N3O5S. The van der Waals surface area contributed by atoms with E-state index in [1.807, 2.05) is 52.0 Å². The smallest absolute Gasteiger partial charge is 0.264 e. The Morgan fingerprint density at radius 2 is 1.55 bits per heavy atom. The molecule has 9 heteroatoms. The van der Waals surface area contributed by atoms with E-state index in [-0.39, 0.29) is 23.3 Å². The molecule has 3 aromatic rings. The number of nitrogens with zero attached hydrogens (tertiary/aromatic N) is 2. The number of hydrogen-bond donors (Lipinski definition) is 1. The van der Waals surface area contributed by atoms with Gasteiger partial charge in [0.15, 0.2) is 0 Å². The average Bonchev–Trinajstić information content (AvgIpc) is 2.95. The summed E-state index contributed by atoms with van der Waals surface area (Å²) in [5.41, 5.74) is 2.21. The van der Waals surface area contributed by atoms with E-state index in [9.17, 15) is 18.0 Å². The van der Waals surface area contributed by atoms with E-state index in [1.54, 1.807) is 42.5 Å². The second-order valence-electron chi connectivity index (χ2n) is 10.0. The quantitative estimate of drug-likeness (QED) is 0.322. The van der Waals surface area contributed by atoms with Crippen LogP contribution in [0.25, 0.3) is 0 Å². The van der Waals surface area contributed by atoms with Crippen LogP contribution in [0.1, 0.15) is 38.3 Å². The van der Waals surface area contributed by atoms with Crippen LogP contribution in [0, 0.1) is 12.8 Å². The summed E-state index contributed by atoms with van der Waals surface area (Å²) in [7, 11) is -2.63. The lowest BCUT2D eigenvalue weighted by atomic mass is 10.1. The van der Waals surface area contributed by atoms with E-state index in [0.717, 1.165) is 15.4 Å². The first-order chi connectivity index (χ1) is 19.1. The number of para-hydroxylation sites is 1. The lowest BCUT2D eigenvalue weighted by Gasteiger charge is -2.33. The summed E-state index contributed by atoms with van der Waals surface area (Å²) in [6, 6.07) is 21.4. The monoisotopic (exact) mass is 565 g/mol. The highest BCUT2D eigenvalue weighted by Crippen LogP contribution is 2.26. The fourth-order valence-electron chi connectivity index (χ4n) is 4.31. The van der Waals surface area contributed by atoms with Gasteiger partial charge >= 0.3 is 0 Å². The molecule has 1 N–H and O–H groups in total. The van der Waals surface area contributed by atoms with Crippen molar-refractivity contribution in [3.63, 3.8) is 0 Å². The van der Waals surface area contributed by atoms with Gasteiger partial charge in [-0.3, -0.25) is 13.9 Å². The summed E-state index contributed by atoms with van der Waals surface area (Å²) in [6.45, 7) is 7.97. The number of carbonyl (C=O) groups excluding carboxylic acids is 2. The number of rotatable bonds is 13. The maximum atomic E-state index is 14.1. The third-order valence-corrected chi connectivity index (χ3v) is 8.43. The fraction of sp³-hybridized carbons (Fsp3) is 0.355. The Kier molecular flexibility index (Phi) is 10.7. The molecule has 214 valence electrons. The van der Waals surface area contributed by atoms with E-state index in [0.29, 0.717) is 24.4 Å². The number of amides is 2.